The average molecular weight is 430 g/mol. The minimum Gasteiger partial charge on any atom is -0.375 e. The van der Waals surface area contributed by atoms with E-state index in [0.29, 0.717) is 11.8 Å². The highest BCUT2D eigenvalue weighted by atomic mass is 16.5. The van der Waals surface area contributed by atoms with Crippen molar-refractivity contribution < 1.29 is 9.53 Å². The first-order chi connectivity index (χ1) is 15.8. The van der Waals surface area contributed by atoms with Gasteiger partial charge in [0.2, 0.25) is 0 Å². The third kappa shape index (κ3) is 4.84. The Morgan fingerprint density at radius 3 is 2.25 bits per heavy atom. The Kier molecular flexibility index (Phi) is 6.46. The number of benzene rings is 2. The fourth-order valence-electron chi connectivity index (χ4n) is 4.95. The maximum absolute atomic E-state index is 13.1. The summed E-state index contributed by atoms with van der Waals surface area (Å²) in [5.41, 5.74) is 1.94. The van der Waals surface area contributed by atoms with E-state index in [1.54, 1.807) is 6.20 Å². The van der Waals surface area contributed by atoms with E-state index in [1.165, 1.54) is 5.56 Å². The Labute approximate surface area is 190 Å². The zero-order valence-electron chi connectivity index (χ0n) is 18.5. The van der Waals surface area contributed by atoms with Crippen LogP contribution in [-0.4, -0.2) is 59.1 Å². The van der Waals surface area contributed by atoms with E-state index in [-0.39, 0.29) is 12.0 Å². The summed E-state index contributed by atoms with van der Waals surface area (Å²) in [6.45, 7) is 4.67. The first-order valence-electron chi connectivity index (χ1n) is 11.8. The van der Waals surface area contributed by atoms with Crippen molar-refractivity contribution in [1.82, 2.24) is 14.8 Å². The average Bonchev–Trinajstić information content (AvgIpc) is 2.86. The van der Waals surface area contributed by atoms with Crippen LogP contribution in [0.2, 0.25) is 0 Å². The van der Waals surface area contributed by atoms with Crippen LogP contribution in [-0.2, 0) is 11.3 Å². The van der Waals surface area contributed by atoms with E-state index in [0.717, 1.165) is 69.2 Å². The van der Waals surface area contributed by atoms with Gasteiger partial charge in [-0.3, -0.25) is 14.7 Å². The zero-order chi connectivity index (χ0) is 21.8. The van der Waals surface area contributed by atoms with Gasteiger partial charge in [0.1, 0.15) is 5.69 Å². The Bertz CT molecular complexity index is 1030. The molecule has 2 saturated heterocycles. The Morgan fingerprint density at radius 1 is 0.844 bits per heavy atom. The van der Waals surface area contributed by atoms with E-state index in [2.05, 4.69) is 40.2 Å². The molecule has 0 aliphatic carbocycles. The van der Waals surface area contributed by atoms with Crippen molar-refractivity contribution in [3.8, 4) is 0 Å². The molecule has 5 nitrogen and oxygen atoms in total. The number of rotatable bonds is 5. The van der Waals surface area contributed by atoms with Crippen LogP contribution in [0, 0.1) is 0 Å². The molecule has 0 N–H and O–H groups in total. The fourth-order valence-corrected chi connectivity index (χ4v) is 4.95. The van der Waals surface area contributed by atoms with Crippen LogP contribution >= 0.6 is 0 Å². The van der Waals surface area contributed by atoms with Gasteiger partial charge in [-0.15, -0.1) is 0 Å². The lowest BCUT2D eigenvalue weighted by Crippen LogP contribution is -2.43. The molecule has 0 bridgehead atoms. The third-order valence-corrected chi connectivity index (χ3v) is 6.77. The van der Waals surface area contributed by atoms with E-state index < -0.39 is 0 Å². The molecule has 1 amide bonds. The summed E-state index contributed by atoms with van der Waals surface area (Å²) in [6.07, 6.45) is 6.31. The SMILES string of the molecule is O=C(c1nccc2ccccc12)N1CCC(OC2CCN(Cc3ccccc3)CC2)CC1. The summed E-state index contributed by atoms with van der Waals surface area (Å²) < 4.78 is 6.45. The lowest BCUT2D eigenvalue weighted by atomic mass is 10.0. The van der Waals surface area contributed by atoms with Gasteiger partial charge in [-0.25, -0.2) is 0 Å². The van der Waals surface area contributed by atoms with Gasteiger partial charge in [0.15, 0.2) is 0 Å². The van der Waals surface area contributed by atoms with Crippen molar-refractivity contribution in [2.75, 3.05) is 26.2 Å². The normalized spacial score (nSPS) is 18.8. The highest BCUT2D eigenvalue weighted by molar-refractivity contribution is 6.05. The highest BCUT2D eigenvalue weighted by Gasteiger charge is 2.28. The molecule has 2 aliphatic heterocycles. The van der Waals surface area contributed by atoms with Crippen molar-refractivity contribution in [2.24, 2.45) is 0 Å². The molecule has 1 aromatic heterocycles. The Morgan fingerprint density at radius 2 is 1.50 bits per heavy atom. The van der Waals surface area contributed by atoms with Crippen LogP contribution in [0.1, 0.15) is 41.7 Å². The summed E-state index contributed by atoms with van der Waals surface area (Å²) in [5, 5.41) is 1.99. The first-order valence-corrected chi connectivity index (χ1v) is 11.8. The number of nitrogens with zero attached hydrogens (tertiary/aromatic N) is 3. The molecule has 0 radical (unpaired) electrons. The molecule has 0 spiro atoms. The smallest absolute Gasteiger partial charge is 0.273 e. The summed E-state index contributed by atoms with van der Waals surface area (Å²) in [6, 6.07) is 20.6. The second-order valence-electron chi connectivity index (χ2n) is 8.97. The van der Waals surface area contributed by atoms with Crippen LogP contribution in [0.25, 0.3) is 10.8 Å². The second-order valence-corrected chi connectivity index (χ2v) is 8.97. The predicted molar refractivity (Wildman–Crippen MR) is 126 cm³/mol. The van der Waals surface area contributed by atoms with Crippen LogP contribution in [0.4, 0.5) is 0 Å². The van der Waals surface area contributed by atoms with Crippen molar-refractivity contribution in [3.05, 3.63) is 78.1 Å². The fraction of sp³-hybridized carbons (Fsp3) is 0.407. The van der Waals surface area contributed by atoms with Gasteiger partial charge in [-0.2, -0.15) is 0 Å². The lowest BCUT2D eigenvalue weighted by molar-refractivity contribution is -0.0629. The number of piperidine rings is 2. The molecule has 32 heavy (non-hydrogen) atoms. The summed E-state index contributed by atoms with van der Waals surface area (Å²) in [5.74, 6) is 0.0365. The third-order valence-electron chi connectivity index (χ3n) is 6.77. The standard InChI is InChI=1S/C27H31N3O2/c31-27(26-25-9-5-4-8-22(25)10-15-28-26)30-18-13-24(14-19-30)32-23-11-16-29(17-12-23)20-21-6-2-1-3-7-21/h1-10,15,23-24H,11-14,16-20H2. The number of ether oxygens (including phenoxy) is 1. The number of carbonyl (C=O) groups excluding carboxylic acids is 1. The van der Waals surface area contributed by atoms with E-state index in [4.69, 9.17) is 4.74 Å². The molecular weight excluding hydrogens is 398 g/mol. The van der Waals surface area contributed by atoms with Gasteiger partial charge in [0, 0.05) is 44.3 Å². The van der Waals surface area contributed by atoms with Gasteiger partial charge >= 0.3 is 0 Å². The minimum absolute atomic E-state index is 0.0365. The van der Waals surface area contributed by atoms with E-state index in [1.807, 2.05) is 35.2 Å². The zero-order valence-corrected chi connectivity index (χ0v) is 18.5. The number of hydrogen-bond acceptors (Lipinski definition) is 4. The van der Waals surface area contributed by atoms with E-state index in [9.17, 15) is 4.79 Å². The Balaban J connectivity index is 1.10. The van der Waals surface area contributed by atoms with Crippen molar-refractivity contribution in [3.63, 3.8) is 0 Å². The van der Waals surface area contributed by atoms with Gasteiger partial charge in [-0.05, 0) is 42.7 Å². The number of pyridine rings is 1. The largest absolute Gasteiger partial charge is 0.375 e. The molecule has 0 unspecified atom stereocenters. The highest BCUT2D eigenvalue weighted by Crippen LogP contribution is 2.24. The van der Waals surface area contributed by atoms with E-state index >= 15 is 0 Å². The van der Waals surface area contributed by atoms with Gasteiger partial charge < -0.3 is 9.64 Å². The second kappa shape index (κ2) is 9.80. The number of carbonyl (C=O) groups is 1. The molecule has 2 aliphatic rings. The predicted octanol–water partition coefficient (Wildman–Crippen LogP) is 4.52. The molecule has 5 heteroatoms. The topological polar surface area (TPSA) is 45.7 Å². The van der Waals surface area contributed by atoms with Crippen molar-refractivity contribution >= 4 is 16.7 Å². The van der Waals surface area contributed by atoms with Gasteiger partial charge in [0.05, 0.1) is 12.2 Å². The van der Waals surface area contributed by atoms with Crippen LogP contribution in [0.5, 0.6) is 0 Å². The monoisotopic (exact) mass is 429 g/mol. The molecule has 2 aromatic carbocycles. The first kappa shape index (κ1) is 21.1. The molecule has 3 aromatic rings. The van der Waals surface area contributed by atoms with Gasteiger partial charge in [-0.1, -0.05) is 54.6 Å². The molecule has 0 saturated carbocycles. The number of fused-ring (bicyclic) bond motifs is 1. The number of likely N-dealkylation sites (tertiary alicyclic amines) is 2. The minimum atomic E-state index is 0.0365. The molecule has 3 heterocycles. The quantitative estimate of drug-likeness (QED) is 0.598. The maximum atomic E-state index is 13.1. The summed E-state index contributed by atoms with van der Waals surface area (Å²) >= 11 is 0. The van der Waals surface area contributed by atoms with Crippen LogP contribution < -0.4 is 0 Å². The molecule has 0 atom stereocenters. The molecule has 2 fully saturated rings. The molecule has 166 valence electrons. The number of amides is 1. The molecule has 5 rings (SSSR count). The number of hydrogen-bond donors (Lipinski definition) is 0. The van der Waals surface area contributed by atoms with Crippen molar-refractivity contribution in [1.29, 1.82) is 0 Å². The summed E-state index contributed by atoms with van der Waals surface area (Å²) in [4.78, 5) is 22.0. The Hall–Kier alpha value is -2.76. The number of aromatic nitrogens is 1. The maximum Gasteiger partial charge on any atom is 0.273 e. The van der Waals surface area contributed by atoms with Crippen LogP contribution in [0.15, 0.2) is 66.9 Å². The summed E-state index contributed by atoms with van der Waals surface area (Å²) in [7, 11) is 0. The lowest BCUT2D eigenvalue weighted by Gasteiger charge is -2.37. The van der Waals surface area contributed by atoms with Crippen LogP contribution in [0.3, 0.4) is 0 Å². The van der Waals surface area contributed by atoms with Crippen molar-refractivity contribution in [2.45, 2.75) is 44.4 Å². The molecular formula is C27H31N3O2. The van der Waals surface area contributed by atoms with Gasteiger partial charge in [0.25, 0.3) is 5.91 Å².